The van der Waals surface area contributed by atoms with Crippen molar-refractivity contribution in [1.29, 1.82) is 0 Å². The highest BCUT2D eigenvalue weighted by molar-refractivity contribution is 6.14. The lowest BCUT2D eigenvalue weighted by Crippen LogP contribution is -2.54. The Morgan fingerprint density at radius 1 is 1.06 bits per heavy atom. The smallest absolute Gasteiger partial charge is 0.257 e. The molecule has 170 valence electrons. The SMILES string of the molecule is Cc1ccc2c(N3C[C@@H](C)N[C@H](C)C3)ccc(C(=O)Nc3cc(F)c4nc(C)cn4c3)c2n1. The zero-order chi connectivity index (χ0) is 23.3. The number of anilines is 2. The number of rotatable bonds is 3. The van der Waals surface area contributed by atoms with E-state index in [0.29, 0.717) is 34.5 Å². The summed E-state index contributed by atoms with van der Waals surface area (Å²) >= 11 is 0. The largest absolute Gasteiger partial charge is 0.368 e. The van der Waals surface area contributed by atoms with Crippen LogP contribution >= 0.6 is 0 Å². The van der Waals surface area contributed by atoms with Crippen molar-refractivity contribution < 1.29 is 9.18 Å². The van der Waals surface area contributed by atoms with Crippen LogP contribution in [0.5, 0.6) is 0 Å². The fourth-order valence-corrected chi connectivity index (χ4v) is 4.73. The Labute approximate surface area is 191 Å². The highest BCUT2D eigenvalue weighted by Crippen LogP contribution is 2.31. The van der Waals surface area contributed by atoms with Crippen LogP contribution in [0.3, 0.4) is 0 Å². The molecule has 2 atom stereocenters. The van der Waals surface area contributed by atoms with Gasteiger partial charge >= 0.3 is 0 Å². The molecule has 1 aliphatic rings. The molecule has 0 bridgehead atoms. The van der Waals surface area contributed by atoms with Crippen LogP contribution < -0.4 is 15.5 Å². The van der Waals surface area contributed by atoms with E-state index >= 15 is 0 Å². The summed E-state index contributed by atoms with van der Waals surface area (Å²) < 4.78 is 16.1. The summed E-state index contributed by atoms with van der Waals surface area (Å²) in [7, 11) is 0. The third kappa shape index (κ3) is 4.02. The predicted octanol–water partition coefficient (Wildman–Crippen LogP) is 4.08. The van der Waals surface area contributed by atoms with Crippen molar-refractivity contribution in [3.8, 4) is 0 Å². The molecule has 33 heavy (non-hydrogen) atoms. The van der Waals surface area contributed by atoms with Gasteiger partial charge in [-0.05, 0) is 52.0 Å². The van der Waals surface area contributed by atoms with Gasteiger partial charge in [-0.25, -0.2) is 9.37 Å². The highest BCUT2D eigenvalue weighted by Gasteiger charge is 2.24. The standard InChI is InChI=1S/C25H27FN6O/c1-14-5-6-19-22(31-10-15(2)27-16(3)11-31)8-7-20(23(19)28-14)25(33)30-18-9-21(26)24-29-17(4)12-32(24)13-18/h5-9,12-13,15-16,27H,10-11H2,1-4H3,(H,30,33)/t15-,16-/m1/s1. The minimum absolute atomic E-state index is 0.233. The zero-order valence-corrected chi connectivity index (χ0v) is 19.2. The number of nitrogens with zero attached hydrogens (tertiary/aromatic N) is 4. The molecule has 4 aromatic rings. The lowest BCUT2D eigenvalue weighted by Gasteiger charge is -2.38. The van der Waals surface area contributed by atoms with E-state index in [0.717, 1.165) is 29.9 Å². The molecule has 3 aromatic heterocycles. The first-order chi connectivity index (χ1) is 15.8. The highest BCUT2D eigenvalue weighted by atomic mass is 19.1. The van der Waals surface area contributed by atoms with Crippen LogP contribution in [0.25, 0.3) is 16.6 Å². The van der Waals surface area contributed by atoms with Crippen molar-refractivity contribution in [2.24, 2.45) is 0 Å². The molecule has 1 amide bonds. The molecule has 0 saturated carbocycles. The third-order valence-corrected chi connectivity index (χ3v) is 6.00. The number of benzene rings is 1. The Morgan fingerprint density at radius 3 is 2.58 bits per heavy atom. The number of aromatic nitrogens is 3. The molecule has 0 aliphatic carbocycles. The van der Waals surface area contributed by atoms with Gasteiger partial charge in [0.1, 0.15) is 0 Å². The van der Waals surface area contributed by atoms with Crippen LogP contribution in [0.2, 0.25) is 0 Å². The predicted molar refractivity (Wildman–Crippen MR) is 129 cm³/mol. The lowest BCUT2D eigenvalue weighted by molar-refractivity contribution is 0.102. The van der Waals surface area contributed by atoms with Crippen molar-refractivity contribution in [3.63, 3.8) is 0 Å². The lowest BCUT2D eigenvalue weighted by atomic mass is 10.0. The van der Waals surface area contributed by atoms with E-state index in [-0.39, 0.29) is 11.6 Å². The normalized spacial score (nSPS) is 18.8. The quantitative estimate of drug-likeness (QED) is 0.496. The van der Waals surface area contributed by atoms with Crippen molar-refractivity contribution >= 4 is 33.8 Å². The first kappa shape index (κ1) is 21.3. The summed E-state index contributed by atoms with van der Waals surface area (Å²) in [5.41, 5.74) is 4.29. The summed E-state index contributed by atoms with van der Waals surface area (Å²) in [6.07, 6.45) is 3.38. The van der Waals surface area contributed by atoms with Gasteiger partial charge in [0.2, 0.25) is 0 Å². The van der Waals surface area contributed by atoms with Gasteiger partial charge in [-0.2, -0.15) is 0 Å². The van der Waals surface area contributed by atoms with E-state index < -0.39 is 5.82 Å². The number of piperazine rings is 1. The molecule has 2 N–H and O–H groups in total. The van der Waals surface area contributed by atoms with E-state index in [4.69, 9.17) is 4.98 Å². The number of carbonyl (C=O) groups is 1. The van der Waals surface area contributed by atoms with E-state index in [1.165, 1.54) is 6.07 Å². The van der Waals surface area contributed by atoms with E-state index in [2.05, 4.69) is 34.4 Å². The number of hydrogen-bond donors (Lipinski definition) is 2. The zero-order valence-electron chi connectivity index (χ0n) is 19.2. The molecule has 0 unspecified atom stereocenters. The summed E-state index contributed by atoms with van der Waals surface area (Å²) in [4.78, 5) is 24.5. The van der Waals surface area contributed by atoms with E-state index in [1.807, 2.05) is 31.2 Å². The van der Waals surface area contributed by atoms with Gasteiger partial charge in [0, 0.05) is 60.4 Å². The second-order valence-corrected chi connectivity index (χ2v) is 9.00. The molecule has 1 aromatic carbocycles. The molecule has 0 spiro atoms. The minimum Gasteiger partial charge on any atom is -0.368 e. The minimum atomic E-state index is -0.489. The number of nitrogens with one attached hydrogen (secondary N) is 2. The Kier molecular flexibility index (Phi) is 5.25. The van der Waals surface area contributed by atoms with E-state index in [1.54, 1.807) is 23.7 Å². The molecule has 1 aliphatic heterocycles. The number of carbonyl (C=O) groups excluding carboxylic acids is 1. The fourth-order valence-electron chi connectivity index (χ4n) is 4.73. The molecule has 5 rings (SSSR count). The van der Waals surface area contributed by atoms with Crippen LogP contribution in [0.15, 0.2) is 42.7 Å². The average Bonchev–Trinajstić information content (AvgIpc) is 3.12. The maximum atomic E-state index is 14.5. The number of hydrogen-bond acceptors (Lipinski definition) is 5. The van der Waals surface area contributed by atoms with Crippen molar-refractivity contribution in [1.82, 2.24) is 19.7 Å². The second-order valence-electron chi connectivity index (χ2n) is 9.00. The Morgan fingerprint density at radius 2 is 1.82 bits per heavy atom. The molecule has 8 heteroatoms. The molecule has 1 fully saturated rings. The summed E-state index contributed by atoms with van der Waals surface area (Å²) in [6, 6.07) is 9.81. The third-order valence-electron chi connectivity index (χ3n) is 6.00. The Balaban J connectivity index is 1.53. The van der Waals surface area contributed by atoms with Crippen molar-refractivity contribution in [2.75, 3.05) is 23.3 Å². The maximum Gasteiger partial charge on any atom is 0.257 e. The fraction of sp³-hybridized carbons (Fsp3) is 0.320. The number of fused-ring (bicyclic) bond motifs is 2. The monoisotopic (exact) mass is 446 g/mol. The molecular formula is C25H27FN6O. The summed E-state index contributed by atoms with van der Waals surface area (Å²) in [6.45, 7) is 9.81. The number of halogens is 1. The van der Waals surface area contributed by atoms with Crippen LogP contribution in [-0.4, -0.2) is 45.4 Å². The first-order valence-electron chi connectivity index (χ1n) is 11.2. The van der Waals surface area contributed by atoms with Gasteiger partial charge in [0.25, 0.3) is 5.91 Å². The van der Waals surface area contributed by atoms with Crippen LogP contribution in [-0.2, 0) is 0 Å². The number of pyridine rings is 2. The van der Waals surface area contributed by atoms with E-state index in [9.17, 15) is 9.18 Å². The molecule has 7 nitrogen and oxygen atoms in total. The molecular weight excluding hydrogens is 419 g/mol. The van der Waals surface area contributed by atoms with Crippen LogP contribution in [0.1, 0.15) is 35.6 Å². The summed E-state index contributed by atoms with van der Waals surface area (Å²) in [5, 5.41) is 7.32. The van der Waals surface area contributed by atoms with Crippen LogP contribution in [0.4, 0.5) is 15.8 Å². The number of amides is 1. The topological polar surface area (TPSA) is 74.6 Å². The Bertz CT molecular complexity index is 1370. The van der Waals surface area contributed by atoms with Gasteiger partial charge in [-0.1, -0.05) is 0 Å². The average molecular weight is 447 g/mol. The van der Waals surface area contributed by atoms with Crippen molar-refractivity contribution in [2.45, 2.75) is 39.8 Å². The van der Waals surface area contributed by atoms with Gasteiger partial charge in [0.15, 0.2) is 11.5 Å². The van der Waals surface area contributed by atoms with Gasteiger partial charge in [0.05, 0.1) is 22.5 Å². The van der Waals surface area contributed by atoms with Crippen LogP contribution in [0, 0.1) is 19.7 Å². The number of aryl methyl sites for hydroxylation is 2. The molecule has 4 heterocycles. The van der Waals surface area contributed by atoms with Gasteiger partial charge < -0.3 is 19.9 Å². The molecule has 1 saturated heterocycles. The van der Waals surface area contributed by atoms with Crippen molar-refractivity contribution in [3.05, 3.63) is 65.5 Å². The molecule has 0 radical (unpaired) electrons. The summed E-state index contributed by atoms with van der Waals surface area (Å²) in [5.74, 6) is -0.820. The maximum absolute atomic E-state index is 14.5. The first-order valence-corrected chi connectivity index (χ1v) is 11.2. The van der Waals surface area contributed by atoms with Gasteiger partial charge in [-0.15, -0.1) is 0 Å². The number of imidazole rings is 1. The second kappa shape index (κ2) is 8.12. The Hall–Kier alpha value is -3.52. The van der Waals surface area contributed by atoms with Gasteiger partial charge in [-0.3, -0.25) is 9.78 Å².